The largest absolute Gasteiger partial charge is 0.398 e. The highest BCUT2D eigenvalue weighted by molar-refractivity contribution is 7.90. The lowest BCUT2D eigenvalue weighted by Crippen LogP contribution is -2.36. The van der Waals surface area contributed by atoms with Gasteiger partial charge in [0.1, 0.15) is 10.7 Å². The van der Waals surface area contributed by atoms with Crippen LogP contribution in [0, 0.1) is 12.7 Å². The molecule has 0 saturated heterocycles. The van der Waals surface area contributed by atoms with E-state index in [1.54, 1.807) is 42.6 Å². The number of rotatable bonds is 6. The molecule has 0 aliphatic rings. The number of benzene rings is 3. The summed E-state index contributed by atoms with van der Waals surface area (Å²) in [6.07, 6.45) is 1.58. The summed E-state index contributed by atoms with van der Waals surface area (Å²) >= 11 is 6.05. The van der Waals surface area contributed by atoms with Crippen LogP contribution in [0.5, 0.6) is 0 Å². The number of hydrogen-bond acceptors (Lipinski definition) is 3. The molecule has 4 aromatic rings. The molecule has 1 aromatic heterocycles. The molecule has 0 spiro atoms. The van der Waals surface area contributed by atoms with E-state index in [0.29, 0.717) is 27.4 Å². The third-order valence-corrected chi connectivity index (χ3v) is 6.87. The van der Waals surface area contributed by atoms with Crippen LogP contribution in [0.15, 0.2) is 94.9 Å². The number of nitrogens with one attached hydrogen (secondary N) is 1. The fourth-order valence-corrected chi connectivity index (χ4v) is 4.60. The fraction of sp³-hybridized carbons (Fsp3) is 0.0769. The quantitative estimate of drug-likeness (QED) is 0.205. The smallest absolute Gasteiger partial charge is 0.369 e. The van der Waals surface area contributed by atoms with Gasteiger partial charge in [0, 0.05) is 22.3 Å². The van der Waals surface area contributed by atoms with Gasteiger partial charge in [-0.15, -0.1) is 0 Å². The van der Waals surface area contributed by atoms with Gasteiger partial charge in [-0.3, -0.25) is 4.98 Å². The number of guanidine groups is 1. The van der Waals surface area contributed by atoms with E-state index in [1.807, 2.05) is 31.2 Å². The minimum atomic E-state index is -3.60. The molecule has 178 valence electrons. The first-order valence-corrected chi connectivity index (χ1v) is 12.5. The topological polar surface area (TPSA) is 102 Å². The number of nitrogens with zero attached hydrogens (tertiary/aromatic N) is 2. The van der Waals surface area contributed by atoms with E-state index in [0.717, 1.165) is 11.1 Å². The summed E-state index contributed by atoms with van der Waals surface area (Å²) in [6, 6.07) is 22.1. The number of hydrogen-bond donors (Lipinski definition) is 2. The average molecular weight is 510 g/mol. The Morgan fingerprint density at radius 1 is 1.09 bits per heavy atom. The number of aromatic nitrogens is 1. The van der Waals surface area contributed by atoms with Crippen molar-refractivity contribution in [2.45, 2.75) is 18.4 Å². The molecule has 0 saturated carbocycles. The maximum atomic E-state index is 14.8. The Morgan fingerprint density at radius 3 is 2.49 bits per heavy atom. The lowest BCUT2D eigenvalue weighted by atomic mass is 9.97. The Hall–Kier alpha value is -3.75. The fourth-order valence-electron chi connectivity index (χ4n) is 3.49. The number of nitrogens with two attached hydrogens (primary N) is 1. The molecule has 0 fully saturated rings. The van der Waals surface area contributed by atoms with E-state index in [1.165, 1.54) is 18.2 Å². The molecule has 6 nitrogen and oxygen atoms in total. The van der Waals surface area contributed by atoms with E-state index >= 15 is 0 Å². The van der Waals surface area contributed by atoms with Crippen molar-refractivity contribution < 1.29 is 12.8 Å². The average Bonchev–Trinajstić information content (AvgIpc) is 2.84. The second kappa shape index (κ2) is 10.2. The molecule has 35 heavy (non-hydrogen) atoms. The van der Waals surface area contributed by atoms with E-state index in [2.05, 4.69) is 14.7 Å². The molecule has 0 amide bonds. The SMILES string of the molecule is Cc1ccc(-c2ncc(CN=C(N)NS(=O)(=[OH+])c3ccccc3)cc2-c2ccc(Cl)cc2)c(F)c1. The Bertz CT molecular complexity index is 1490. The molecule has 0 aliphatic heterocycles. The van der Waals surface area contributed by atoms with Crippen molar-refractivity contribution in [2.24, 2.45) is 10.7 Å². The molecular formula is C26H23ClFN4O2S+. The van der Waals surface area contributed by atoms with Gasteiger partial charge in [-0.25, -0.2) is 18.3 Å². The summed E-state index contributed by atoms with van der Waals surface area (Å²) in [6.45, 7) is 1.91. The minimum absolute atomic E-state index is 0.0907. The van der Waals surface area contributed by atoms with Gasteiger partial charge >= 0.3 is 10.0 Å². The van der Waals surface area contributed by atoms with E-state index in [4.69, 9.17) is 17.3 Å². The third kappa shape index (κ3) is 5.85. The monoisotopic (exact) mass is 509 g/mol. The zero-order valence-corrected chi connectivity index (χ0v) is 20.4. The highest BCUT2D eigenvalue weighted by atomic mass is 35.5. The van der Waals surface area contributed by atoms with Crippen molar-refractivity contribution in [3.8, 4) is 22.4 Å². The Balaban J connectivity index is 1.66. The summed E-state index contributed by atoms with van der Waals surface area (Å²) in [5.74, 6) is -0.561. The summed E-state index contributed by atoms with van der Waals surface area (Å²) < 4.78 is 40.0. The predicted octanol–water partition coefficient (Wildman–Crippen LogP) is 5.47. The highest BCUT2D eigenvalue weighted by Gasteiger charge is 2.20. The van der Waals surface area contributed by atoms with Crippen LogP contribution in [0.2, 0.25) is 5.02 Å². The predicted molar refractivity (Wildman–Crippen MR) is 138 cm³/mol. The van der Waals surface area contributed by atoms with E-state index < -0.39 is 10.0 Å². The standard InChI is InChI=1S/C26H22ClFN4O2S/c1-17-7-12-22(24(28)13-17)25-23(19-8-10-20(27)11-9-19)14-18(15-30-25)16-31-26(29)32-35(33,34)21-5-3-2-4-6-21/h2-15H,16H2,1H3,(H3,29,31,32,33,34)/p+1. The van der Waals surface area contributed by atoms with Gasteiger partial charge in [-0.2, -0.15) is 4.21 Å². The van der Waals surface area contributed by atoms with Crippen LogP contribution >= 0.6 is 11.6 Å². The second-order valence-electron chi connectivity index (χ2n) is 7.87. The molecule has 0 aliphatic carbocycles. The van der Waals surface area contributed by atoms with Gasteiger partial charge in [0.25, 0.3) is 0 Å². The first-order valence-electron chi connectivity index (χ1n) is 10.6. The zero-order chi connectivity index (χ0) is 25.0. The maximum Gasteiger partial charge on any atom is 0.398 e. The highest BCUT2D eigenvalue weighted by Crippen LogP contribution is 2.33. The molecular weight excluding hydrogens is 487 g/mol. The van der Waals surface area contributed by atoms with E-state index in [9.17, 15) is 12.8 Å². The van der Waals surface area contributed by atoms with Crippen LogP contribution in [0.25, 0.3) is 22.4 Å². The molecule has 1 atom stereocenters. The summed E-state index contributed by atoms with van der Waals surface area (Å²) in [5, 5.41) is 0.579. The second-order valence-corrected chi connectivity index (χ2v) is 10.0. The molecule has 4 N–H and O–H groups in total. The molecule has 0 radical (unpaired) electrons. The zero-order valence-electron chi connectivity index (χ0n) is 18.8. The molecule has 1 heterocycles. The Kier molecular flexibility index (Phi) is 7.14. The Labute approximate surface area is 208 Å². The molecule has 9 heteroatoms. The lowest BCUT2D eigenvalue weighted by molar-refractivity contribution is 0.611. The van der Waals surface area contributed by atoms with Crippen LogP contribution in [0.4, 0.5) is 4.39 Å². The van der Waals surface area contributed by atoms with Crippen molar-refractivity contribution >= 4 is 27.6 Å². The number of aliphatic imine (C=N–C) groups is 1. The molecule has 4 rings (SSSR count). The van der Waals surface area contributed by atoms with Crippen LogP contribution in [-0.4, -0.2) is 19.4 Å². The normalized spacial score (nSPS) is 13.3. The van der Waals surface area contributed by atoms with Crippen molar-refractivity contribution in [3.05, 3.63) is 107 Å². The van der Waals surface area contributed by atoms with Gasteiger partial charge < -0.3 is 5.73 Å². The van der Waals surface area contributed by atoms with Gasteiger partial charge in [0.05, 0.1) is 12.2 Å². The minimum Gasteiger partial charge on any atom is -0.369 e. The van der Waals surface area contributed by atoms with E-state index in [-0.39, 0.29) is 23.2 Å². The lowest BCUT2D eigenvalue weighted by Gasteiger charge is -2.12. The maximum absolute atomic E-state index is 14.8. The van der Waals surface area contributed by atoms with Crippen molar-refractivity contribution in [1.29, 1.82) is 0 Å². The van der Waals surface area contributed by atoms with Crippen LogP contribution in [-0.2, 0) is 16.6 Å². The van der Waals surface area contributed by atoms with Gasteiger partial charge in [-0.05, 0) is 66.1 Å². The first-order chi connectivity index (χ1) is 16.7. The van der Waals surface area contributed by atoms with Gasteiger partial charge in [0.2, 0.25) is 5.96 Å². The number of aryl methyl sites for hydroxylation is 1. The van der Waals surface area contributed by atoms with Crippen molar-refractivity contribution in [1.82, 2.24) is 9.71 Å². The molecule has 0 bridgehead atoms. The molecule has 1 unspecified atom stereocenters. The summed E-state index contributed by atoms with van der Waals surface area (Å²) in [7, 11) is -3.60. The van der Waals surface area contributed by atoms with Gasteiger partial charge in [0.15, 0.2) is 0 Å². The third-order valence-electron chi connectivity index (χ3n) is 5.22. The van der Waals surface area contributed by atoms with Crippen LogP contribution in [0.3, 0.4) is 0 Å². The summed E-state index contributed by atoms with van der Waals surface area (Å²) in [5.41, 5.74) is 9.72. The first kappa shape index (κ1) is 24.4. The summed E-state index contributed by atoms with van der Waals surface area (Å²) in [4.78, 5) is 8.91. The molecule has 3 aromatic carbocycles. The Morgan fingerprint density at radius 2 is 1.80 bits per heavy atom. The van der Waals surface area contributed by atoms with Crippen molar-refractivity contribution in [2.75, 3.05) is 0 Å². The van der Waals surface area contributed by atoms with Crippen LogP contribution < -0.4 is 10.5 Å². The van der Waals surface area contributed by atoms with Crippen molar-refractivity contribution in [3.63, 3.8) is 0 Å². The van der Waals surface area contributed by atoms with Gasteiger partial charge in [-0.1, -0.05) is 48.0 Å². The number of pyridine rings is 1. The number of halogens is 2. The van der Waals surface area contributed by atoms with Crippen LogP contribution in [0.1, 0.15) is 11.1 Å².